The van der Waals surface area contributed by atoms with Crippen LogP contribution in [0.4, 0.5) is 5.95 Å². The van der Waals surface area contributed by atoms with E-state index in [1.165, 1.54) is 0 Å². The van der Waals surface area contributed by atoms with Crippen LogP contribution in [0.15, 0.2) is 30.6 Å². The largest absolute Gasteiger partial charge is 0.490 e. The molecule has 0 saturated heterocycles. The fraction of sp³-hybridized carbons (Fsp3) is 0.250. The summed E-state index contributed by atoms with van der Waals surface area (Å²) in [5.74, 6) is -0.885. The highest BCUT2D eigenvalue weighted by Gasteiger charge is 2.17. The lowest BCUT2D eigenvalue weighted by Gasteiger charge is -2.15. The van der Waals surface area contributed by atoms with E-state index in [0.717, 1.165) is 16.6 Å². The maximum atomic E-state index is 11.9. The summed E-state index contributed by atoms with van der Waals surface area (Å²) in [6, 6.07) is 6.89. The lowest BCUT2D eigenvalue weighted by Crippen LogP contribution is -2.30. The van der Waals surface area contributed by atoms with Crippen LogP contribution in [0.5, 0.6) is 0 Å². The molecule has 1 amide bonds. The molecule has 0 aliphatic heterocycles. The number of hydrogen-bond acceptors (Lipinski definition) is 5. The maximum absolute atomic E-state index is 11.9. The molecule has 9 heteroatoms. The van der Waals surface area contributed by atoms with Gasteiger partial charge in [0.1, 0.15) is 6.54 Å². The second kappa shape index (κ2) is 6.31. The third-order valence-corrected chi connectivity index (χ3v) is 3.09. The summed E-state index contributed by atoms with van der Waals surface area (Å²) in [7, 11) is 0. The zero-order valence-electron chi connectivity index (χ0n) is 11.1. The Morgan fingerprint density at radius 3 is 2.86 bits per heavy atom. The van der Waals surface area contributed by atoms with Crippen LogP contribution in [-0.4, -0.2) is 25.6 Å². The van der Waals surface area contributed by atoms with Crippen LogP contribution in [-0.2, 0) is 11.3 Å². The Balaban J connectivity index is 1.98. The monoisotopic (exact) mass is 309 g/mol. The first kappa shape index (κ1) is 14.9. The van der Waals surface area contributed by atoms with Gasteiger partial charge in [-0.15, -0.1) is 0 Å². The molecular formula is C12H12ClN5O3. The highest BCUT2D eigenvalue weighted by atomic mass is 35.5. The zero-order chi connectivity index (χ0) is 15.4. The molecule has 21 heavy (non-hydrogen) atoms. The van der Waals surface area contributed by atoms with Crippen molar-refractivity contribution >= 4 is 23.5 Å². The number of halogens is 1. The molecule has 110 valence electrons. The fourth-order valence-corrected chi connectivity index (χ4v) is 2.08. The molecule has 0 fully saturated rings. The Kier molecular flexibility index (Phi) is 4.49. The molecule has 1 N–H and O–H groups in total. The molecule has 1 atom stereocenters. The number of nitrogens with one attached hydrogen (secondary N) is 1. The van der Waals surface area contributed by atoms with Gasteiger partial charge in [-0.25, -0.2) is 0 Å². The molecule has 2 aromatic rings. The SMILES string of the molecule is CC(NC(=O)Cn1cnc([N+](=O)[O-])n1)c1ccccc1Cl. The first-order valence-corrected chi connectivity index (χ1v) is 6.43. The number of aromatic nitrogens is 3. The van der Waals surface area contributed by atoms with Gasteiger partial charge in [0.05, 0.1) is 6.04 Å². The molecule has 8 nitrogen and oxygen atoms in total. The van der Waals surface area contributed by atoms with Gasteiger partial charge in [-0.1, -0.05) is 34.8 Å². The fourth-order valence-electron chi connectivity index (χ4n) is 1.78. The lowest BCUT2D eigenvalue weighted by atomic mass is 10.1. The summed E-state index contributed by atoms with van der Waals surface area (Å²) >= 11 is 6.05. The molecule has 1 aromatic carbocycles. The predicted molar refractivity (Wildman–Crippen MR) is 74.7 cm³/mol. The van der Waals surface area contributed by atoms with Gasteiger partial charge in [0.25, 0.3) is 0 Å². The summed E-state index contributed by atoms with van der Waals surface area (Å²) in [6.45, 7) is 1.64. The van der Waals surface area contributed by atoms with Gasteiger partial charge in [0.2, 0.25) is 12.2 Å². The minimum atomic E-state index is -0.721. The third-order valence-electron chi connectivity index (χ3n) is 2.74. The summed E-state index contributed by atoms with van der Waals surface area (Å²) in [4.78, 5) is 25.1. The van der Waals surface area contributed by atoms with Crippen molar-refractivity contribution in [3.8, 4) is 0 Å². The van der Waals surface area contributed by atoms with Crippen molar-refractivity contribution in [1.29, 1.82) is 0 Å². The summed E-state index contributed by atoms with van der Waals surface area (Å²) in [6.07, 6.45) is 1.14. The molecule has 1 heterocycles. The number of hydrogen-bond donors (Lipinski definition) is 1. The lowest BCUT2D eigenvalue weighted by molar-refractivity contribution is -0.394. The summed E-state index contributed by atoms with van der Waals surface area (Å²) in [5, 5.41) is 17.3. The normalized spacial score (nSPS) is 11.9. The van der Waals surface area contributed by atoms with Crippen molar-refractivity contribution < 1.29 is 9.72 Å². The number of nitro groups is 1. The highest BCUT2D eigenvalue weighted by Crippen LogP contribution is 2.21. The number of amides is 1. The van der Waals surface area contributed by atoms with Crippen molar-refractivity contribution in [2.24, 2.45) is 0 Å². The molecular weight excluding hydrogens is 298 g/mol. The summed E-state index contributed by atoms with van der Waals surface area (Å²) in [5.41, 5.74) is 0.789. The van der Waals surface area contributed by atoms with Crippen LogP contribution in [0, 0.1) is 10.1 Å². The van der Waals surface area contributed by atoms with Gasteiger partial charge in [0.15, 0.2) is 0 Å². The molecule has 2 rings (SSSR count). The third kappa shape index (κ3) is 3.76. The first-order valence-electron chi connectivity index (χ1n) is 6.05. The average molecular weight is 310 g/mol. The minimum Gasteiger partial charge on any atom is -0.390 e. The van der Waals surface area contributed by atoms with Crippen LogP contribution in [0.2, 0.25) is 5.02 Å². The molecule has 1 unspecified atom stereocenters. The van der Waals surface area contributed by atoms with Crippen LogP contribution in [0.3, 0.4) is 0 Å². The van der Waals surface area contributed by atoms with E-state index in [1.807, 2.05) is 12.1 Å². The van der Waals surface area contributed by atoms with Gasteiger partial charge in [0, 0.05) is 10.1 Å². The molecule has 0 spiro atoms. The second-order valence-corrected chi connectivity index (χ2v) is 4.72. The Morgan fingerprint density at radius 1 is 1.52 bits per heavy atom. The standard InChI is InChI=1S/C12H12ClN5O3/c1-8(9-4-2-3-5-10(9)13)15-11(19)6-17-7-14-12(16-17)18(20)21/h2-5,7-8H,6H2,1H3,(H,15,19). The molecule has 0 aliphatic rings. The van der Waals surface area contributed by atoms with Crippen molar-refractivity contribution in [2.45, 2.75) is 19.5 Å². The number of carbonyl (C=O) groups is 1. The van der Waals surface area contributed by atoms with Crippen molar-refractivity contribution in [2.75, 3.05) is 0 Å². The Morgan fingerprint density at radius 2 is 2.24 bits per heavy atom. The first-order chi connectivity index (χ1) is 9.97. The minimum absolute atomic E-state index is 0.157. The van der Waals surface area contributed by atoms with E-state index in [9.17, 15) is 14.9 Å². The highest BCUT2D eigenvalue weighted by molar-refractivity contribution is 6.31. The Bertz CT molecular complexity index is 672. The Hall–Kier alpha value is -2.48. The van der Waals surface area contributed by atoms with E-state index in [2.05, 4.69) is 15.4 Å². The summed E-state index contributed by atoms with van der Waals surface area (Å²) < 4.78 is 1.10. The van der Waals surface area contributed by atoms with Crippen molar-refractivity contribution in [1.82, 2.24) is 20.1 Å². The smallest absolute Gasteiger partial charge is 0.390 e. The maximum Gasteiger partial charge on any atom is 0.490 e. The molecule has 0 radical (unpaired) electrons. The van der Waals surface area contributed by atoms with Gasteiger partial charge < -0.3 is 15.4 Å². The number of carbonyl (C=O) groups excluding carboxylic acids is 1. The van der Waals surface area contributed by atoms with Crippen LogP contribution in [0.25, 0.3) is 0 Å². The average Bonchev–Trinajstić information content (AvgIpc) is 2.87. The van der Waals surface area contributed by atoms with E-state index >= 15 is 0 Å². The quantitative estimate of drug-likeness (QED) is 0.669. The Labute approximate surface area is 124 Å². The number of nitrogens with zero attached hydrogens (tertiary/aromatic N) is 4. The van der Waals surface area contributed by atoms with E-state index in [1.54, 1.807) is 19.1 Å². The van der Waals surface area contributed by atoms with E-state index in [0.29, 0.717) is 5.02 Å². The van der Waals surface area contributed by atoms with E-state index in [4.69, 9.17) is 11.6 Å². The number of rotatable bonds is 5. The van der Waals surface area contributed by atoms with Crippen molar-refractivity contribution in [3.63, 3.8) is 0 Å². The van der Waals surface area contributed by atoms with Gasteiger partial charge in [-0.05, 0) is 23.5 Å². The molecule has 0 saturated carbocycles. The number of benzene rings is 1. The van der Waals surface area contributed by atoms with Crippen LogP contribution >= 0.6 is 11.6 Å². The zero-order valence-corrected chi connectivity index (χ0v) is 11.8. The molecule has 1 aromatic heterocycles. The van der Waals surface area contributed by atoms with E-state index in [-0.39, 0.29) is 18.5 Å². The van der Waals surface area contributed by atoms with Crippen LogP contribution < -0.4 is 5.32 Å². The molecule has 0 aliphatic carbocycles. The van der Waals surface area contributed by atoms with Crippen molar-refractivity contribution in [3.05, 3.63) is 51.3 Å². The topological polar surface area (TPSA) is 103 Å². The van der Waals surface area contributed by atoms with Gasteiger partial charge in [-0.2, -0.15) is 4.68 Å². The van der Waals surface area contributed by atoms with E-state index < -0.39 is 10.9 Å². The molecule has 0 bridgehead atoms. The second-order valence-electron chi connectivity index (χ2n) is 4.31. The van der Waals surface area contributed by atoms with Gasteiger partial charge >= 0.3 is 5.95 Å². The van der Waals surface area contributed by atoms with Crippen LogP contribution in [0.1, 0.15) is 18.5 Å². The van der Waals surface area contributed by atoms with Gasteiger partial charge in [-0.3, -0.25) is 4.79 Å². The predicted octanol–water partition coefficient (Wildman–Crippen LogP) is 1.72.